The van der Waals surface area contributed by atoms with Gasteiger partial charge in [-0.15, -0.1) is 0 Å². The van der Waals surface area contributed by atoms with E-state index >= 15 is 0 Å². The minimum absolute atomic E-state index is 0.194. The highest BCUT2D eigenvalue weighted by molar-refractivity contribution is 6.34. The van der Waals surface area contributed by atoms with E-state index in [9.17, 15) is 9.59 Å². The van der Waals surface area contributed by atoms with Crippen molar-refractivity contribution in [1.29, 1.82) is 0 Å². The summed E-state index contributed by atoms with van der Waals surface area (Å²) >= 11 is 6.33. The Labute approximate surface area is 196 Å². The van der Waals surface area contributed by atoms with Crippen LogP contribution in [0.1, 0.15) is 23.3 Å². The van der Waals surface area contributed by atoms with Crippen molar-refractivity contribution in [2.45, 2.75) is 12.8 Å². The average molecular weight is 470 g/mol. The van der Waals surface area contributed by atoms with Crippen LogP contribution in [-0.4, -0.2) is 59.2 Å². The van der Waals surface area contributed by atoms with E-state index in [4.69, 9.17) is 21.1 Å². The number of pyridine rings is 1. The molecule has 3 heterocycles. The van der Waals surface area contributed by atoms with Crippen molar-refractivity contribution >= 4 is 29.1 Å². The molecule has 3 aromatic rings. The quantitative estimate of drug-likeness (QED) is 0.570. The summed E-state index contributed by atoms with van der Waals surface area (Å²) in [7, 11) is 3.02. The lowest BCUT2D eigenvalue weighted by Crippen LogP contribution is -2.44. The minimum atomic E-state index is -0.381. The minimum Gasteiger partial charge on any atom is -0.497 e. The van der Waals surface area contributed by atoms with Crippen LogP contribution < -0.4 is 14.8 Å². The molecule has 1 aromatic carbocycles. The zero-order valence-corrected chi connectivity index (χ0v) is 19.1. The zero-order valence-electron chi connectivity index (χ0n) is 18.3. The van der Waals surface area contributed by atoms with Crippen LogP contribution in [0.2, 0.25) is 5.02 Å². The van der Waals surface area contributed by atoms with Gasteiger partial charge in [-0.05, 0) is 31.0 Å². The van der Waals surface area contributed by atoms with Gasteiger partial charge in [0.15, 0.2) is 0 Å². The molecule has 172 valence electrons. The van der Waals surface area contributed by atoms with E-state index in [0.29, 0.717) is 59.5 Å². The number of aromatic nitrogens is 3. The molecule has 0 saturated carbocycles. The number of piperidine rings is 1. The van der Waals surface area contributed by atoms with Crippen molar-refractivity contribution in [3.8, 4) is 22.8 Å². The topological polar surface area (TPSA) is 109 Å². The number of methoxy groups -OCH3 is 2. The third-order valence-corrected chi connectivity index (χ3v) is 5.89. The largest absolute Gasteiger partial charge is 0.497 e. The Morgan fingerprint density at radius 2 is 1.97 bits per heavy atom. The number of hydrogen-bond donors (Lipinski definition) is 2. The first kappa shape index (κ1) is 22.6. The molecule has 2 aromatic heterocycles. The van der Waals surface area contributed by atoms with E-state index in [0.717, 1.165) is 5.56 Å². The van der Waals surface area contributed by atoms with Crippen LogP contribution in [-0.2, 0) is 4.79 Å². The first-order chi connectivity index (χ1) is 16.0. The van der Waals surface area contributed by atoms with Crippen LogP contribution in [0, 0.1) is 5.92 Å². The van der Waals surface area contributed by atoms with Gasteiger partial charge in [-0.1, -0.05) is 11.6 Å². The van der Waals surface area contributed by atoms with Gasteiger partial charge < -0.3 is 19.7 Å². The number of amides is 2. The third kappa shape index (κ3) is 4.93. The lowest BCUT2D eigenvalue weighted by Gasteiger charge is -2.31. The fourth-order valence-electron chi connectivity index (χ4n) is 3.83. The second-order valence-corrected chi connectivity index (χ2v) is 8.08. The molecular weight excluding hydrogens is 446 g/mol. The Morgan fingerprint density at radius 1 is 1.18 bits per heavy atom. The SMILES string of the molecule is COc1cc(Cl)c(NC(=O)[C@H]2CCCN(C(=O)c3cc(-c4ccncc4)n[nH]3)C2)c(OC)c1. The van der Waals surface area contributed by atoms with Gasteiger partial charge in [-0.2, -0.15) is 5.10 Å². The summed E-state index contributed by atoms with van der Waals surface area (Å²) in [6, 6.07) is 8.61. The maximum atomic E-state index is 13.1. The van der Waals surface area contributed by atoms with Gasteiger partial charge in [0, 0.05) is 43.2 Å². The Hall–Kier alpha value is -3.59. The number of carbonyl (C=O) groups is 2. The molecule has 0 spiro atoms. The number of nitrogens with one attached hydrogen (secondary N) is 2. The zero-order chi connectivity index (χ0) is 23.4. The fraction of sp³-hybridized carbons (Fsp3) is 0.304. The molecule has 9 nitrogen and oxygen atoms in total. The molecule has 1 atom stereocenters. The summed E-state index contributed by atoms with van der Waals surface area (Å²) in [5, 5.41) is 10.2. The summed E-state index contributed by atoms with van der Waals surface area (Å²) in [6.07, 6.45) is 4.71. The number of H-pyrrole nitrogens is 1. The normalized spacial score (nSPS) is 15.7. The molecule has 1 aliphatic heterocycles. The summed E-state index contributed by atoms with van der Waals surface area (Å²) in [5.74, 6) is 0.126. The highest BCUT2D eigenvalue weighted by Gasteiger charge is 2.30. The predicted molar refractivity (Wildman–Crippen MR) is 124 cm³/mol. The number of aromatic amines is 1. The predicted octanol–water partition coefficient (Wildman–Crippen LogP) is 3.63. The van der Waals surface area contributed by atoms with Crippen molar-refractivity contribution in [2.75, 3.05) is 32.6 Å². The maximum Gasteiger partial charge on any atom is 0.271 e. The maximum absolute atomic E-state index is 13.1. The molecule has 10 heteroatoms. The van der Waals surface area contributed by atoms with Crippen LogP contribution >= 0.6 is 11.6 Å². The number of anilines is 1. The van der Waals surface area contributed by atoms with E-state index < -0.39 is 0 Å². The molecule has 1 saturated heterocycles. The van der Waals surface area contributed by atoms with Gasteiger partial charge in [0.1, 0.15) is 22.9 Å². The first-order valence-electron chi connectivity index (χ1n) is 10.5. The third-order valence-electron chi connectivity index (χ3n) is 5.60. The monoisotopic (exact) mass is 469 g/mol. The van der Waals surface area contributed by atoms with E-state index in [2.05, 4.69) is 20.5 Å². The average Bonchev–Trinajstić information content (AvgIpc) is 3.35. The van der Waals surface area contributed by atoms with E-state index in [-0.39, 0.29) is 17.7 Å². The molecule has 0 bridgehead atoms. The fourth-order valence-corrected chi connectivity index (χ4v) is 4.08. The Morgan fingerprint density at radius 3 is 2.70 bits per heavy atom. The van der Waals surface area contributed by atoms with Gasteiger partial charge in [0.25, 0.3) is 5.91 Å². The van der Waals surface area contributed by atoms with Gasteiger partial charge in [-0.25, -0.2) is 0 Å². The smallest absolute Gasteiger partial charge is 0.271 e. The lowest BCUT2D eigenvalue weighted by atomic mass is 9.96. The van der Waals surface area contributed by atoms with Crippen molar-refractivity contribution in [3.63, 3.8) is 0 Å². The highest BCUT2D eigenvalue weighted by Crippen LogP contribution is 2.37. The van der Waals surface area contributed by atoms with E-state index in [1.165, 1.54) is 14.2 Å². The molecule has 1 fully saturated rings. The molecular formula is C23H24ClN5O4. The Bertz CT molecular complexity index is 1150. The van der Waals surface area contributed by atoms with E-state index in [1.807, 2.05) is 12.1 Å². The van der Waals surface area contributed by atoms with Crippen molar-refractivity contribution in [3.05, 3.63) is 53.4 Å². The Kier molecular flexibility index (Phi) is 6.79. The molecule has 0 aliphatic carbocycles. The number of benzene rings is 1. The summed E-state index contributed by atoms with van der Waals surface area (Å²) in [5.41, 5.74) is 2.28. The van der Waals surface area contributed by atoms with Crippen molar-refractivity contribution in [2.24, 2.45) is 5.92 Å². The number of likely N-dealkylation sites (tertiary alicyclic amines) is 1. The van der Waals surface area contributed by atoms with Crippen LogP contribution in [0.4, 0.5) is 5.69 Å². The van der Waals surface area contributed by atoms with Gasteiger partial charge in [0.05, 0.1) is 30.9 Å². The van der Waals surface area contributed by atoms with Gasteiger partial charge in [-0.3, -0.25) is 19.7 Å². The number of ether oxygens (including phenoxy) is 2. The second kappa shape index (κ2) is 9.91. The second-order valence-electron chi connectivity index (χ2n) is 7.67. The summed E-state index contributed by atoms with van der Waals surface area (Å²) < 4.78 is 10.5. The molecule has 33 heavy (non-hydrogen) atoms. The number of hydrogen-bond acceptors (Lipinski definition) is 6. The van der Waals surface area contributed by atoms with Crippen molar-refractivity contribution < 1.29 is 19.1 Å². The molecule has 1 aliphatic rings. The number of halogens is 1. The molecule has 2 amide bonds. The first-order valence-corrected chi connectivity index (χ1v) is 10.9. The van der Waals surface area contributed by atoms with Crippen LogP contribution in [0.15, 0.2) is 42.7 Å². The van der Waals surface area contributed by atoms with Crippen molar-refractivity contribution in [1.82, 2.24) is 20.1 Å². The molecule has 2 N–H and O–H groups in total. The van der Waals surface area contributed by atoms with Crippen LogP contribution in [0.3, 0.4) is 0 Å². The van der Waals surface area contributed by atoms with Gasteiger partial charge >= 0.3 is 0 Å². The number of rotatable bonds is 6. The highest BCUT2D eigenvalue weighted by atomic mass is 35.5. The standard InChI is InChI=1S/C23H24ClN5O4/c1-32-16-10-17(24)21(20(11-16)33-2)26-22(30)15-4-3-9-29(13-15)23(31)19-12-18(27-28-19)14-5-7-25-8-6-14/h5-8,10-12,15H,3-4,9,13H2,1-2H3,(H,26,30)(H,27,28)/t15-/m0/s1. The molecule has 4 rings (SSSR count). The summed E-state index contributed by atoms with van der Waals surface area (Å²) in [4.78, 5) is 31.7. The number of carbonyl (C=O) groups excluding carboxylic acids is 2. The Balaban J connectivity index is 1.45. The molecule has 0 radical (unpaired) electrons. The number of nitrogens with zero attached hydrogens (tertiary/aromatic N) is 3. The molecule has 0 unspecified atom stereocenters. The van der Waals surface area contributed by atoms with Gasteiger partial charge in [0.2, 0.25) is 5.91 Å². The van der Waals surface area contributed by atoms with Crippen LogP contribution in [0.25, 0.3) is 11.3 Å². The lowest BCUT2D eigenvalue weighted by molar-refractivity contribution is -0.121. The summed E-state index contributed by atoms with van der Waals surface area (Å²) in [6.45, 7) is 0.864. The van der Waals surface area contributed by atoms with Crippen LogP contribution in [0.5, 0.6) is 11.5 Å². The van der Waals surface area contributed by atoms with E-state index in [1.54, 1.807) is 35.5 Å².